The summed E-state index contributed by atoms with van der Waals surface area (Å²) in [6.45, 7) is 5.70. The van der Waals surface area contributed by atoms with Gasteiger partial charge < -0.3 is 25.4 Å². The molecule has 0 aliphatic carbocycles. The molecule has 8 nitrogen and oxygen atoms in total. The summed E-state index contributed by atoms with van der Waals surface area (Å²) in [7, 11) is 0. The molecule has 214 valence electrons. The van der Waals surface area contributed by atoms with Gasteiger partial charge in [-0.05, 0) is 56.7 Å². The number of carbonyl (C=O) groups is 3. The average molecular weight is 548 g/mol. The molecule has 1 spiro atoms. The van der Waals surface area contributed by atoms with Crippen molar-refractivity contribution in [1.29, 1.82) is 0 Å². The van der Waals surface area contributed by atoms with Gasteiger partial charge in [0.15, 0.2) is 0 Å². The Kier molecular flexibility index (Phi) is 8.02. The summed E-state index contributed by atoms with van der Waals surface area (Å²) in [5.74, 6) is -2.40. The molecule has 3 fully saturated rings. The molecule has 3 heterocycles. The third-order valence-electron chi connectivity index (χ3n) is 9.22. The highest BCUT2D eigenvalue weighted by molar-refractivity contribution is 6.02. The number of amides is 3. The van der Waals surface area contributed by atoms with E-state index < -0.39 is 35.1 Å². The summed E-state index contributed by atoms with van der Waals surface area (Å²) in [4.78, 5) is 44.0. The number of nitrogens with zero attached hydrogens (tertiary/aromatic N) is 1. The Bertz CT molecular complexity index is 1220. The van der Waals surface area contributed by atoms with Crippen LogP contribution in [-0.4, -0.2) is 63.7 Å². The molecule has 3 aliphatic heterocycles. The van der Waals surface area contributed by atoms with Gasteiger partial charge in [-0.3, -0.25) is 14.4 Å². The van der Waals surface area contributed by atoms with Crippen LogP contribution in [-0.2, 0) is 25.5 Å². The number of carbonyl (C=O) groups excluding carboxylic acids is 3. The van der Waals surface area contributed by atoms with Gasteiger partial charge in [-0.2, -0.15) is 0 Å². The molecule has 3 unspecified atom stereocenters. The fourth-order valence-corrected chi connectivity index (χ4v) is 7.45. The van der Waals surface area contributed by atoms with Gasteiger partial charge in [-0.25, -0.2) is 0 Å². The zero-order chi connectivity index (χ0) is 28.5. The summed E-state index contributed by atoms with van der Waals surface area (Å²) in [5.41, 5.74) is -0.354. The number of likely N-dealkylation sites (tertiary alicyclic amines) is 1. The van der Waals surface area contributed by atoms with Crippen LogP contribution >= 0.6 is 0 Å². The Morgan fingerprint density at radius 2 is 1.73 bits per heavy atom. The molecule has 40 heavy (non-hydrogen) atoms. The third kappa shape index (κ3) is 4.71. The lowest BCUT2D eigenvalue weighted by Gasteiger charge is -2.38. The van der Waals surface area contributed by atoms with Crippen LogP contribution in [0.15, 0.2) is 60.7 Å². The molecule has 0 saturated carbocycles. The molecule has 2 aromatic carbocycles. The van der Waals surface area contributed by atoms with E-state index in [-0.39, 0.29) is 30.4 Å². The van der Waals surface area contributed by atoms with Crippen molar-refractivity contribution in [3.05, 3.63) is 66.2 Å². The highest BCUT2D eigenvalue weighted by Crippen LogP contribution is 2.64. The van der Waals surface area contributed by atoms with E-state index in [0.717, 1.165) is 18.4 Å². The van der Waals surface area contributed by atoms with Crippen molar-refractivity contribution in [2.24, 2.45) is 11.8 Å². The minimum atomic E-state index is -1.13. The van der Waals surface area contributed by atoms with Crippen molar-refractivity contribution in [3.8, 4) is 0 Å². The first-order chi connectivity index (χ1) is 19.3. The number of hydrogen-bond acceptors (Lipinski definition) is 5. The molecule has 3 amide bonds. The van der Waals surface area contributed by atoms with Crippen molar-refractivity contribution in [2.75, 3.05) is 11.9 Å². The fourth-order valence-electron chi connectivity index (χ4n) is 7.45. The monoisotopic (exact) mass is 547 g/mol. The molecule has 3 saturated heterocycles. The number of hydrogen-bond donors (Lipinski definition) is 3. The van der Waals surface area contributed by atoms with Gasteiger partial charge in [0.25, 0.3) is 0 Å². The largest absolute Gasteiger partial charge is 0.394 e. The standard InChI is InChI=1S/C32H41N3O5/c1-4-12-21(3)33-29(38)27-32-18-17-31(5-2,40-32)25(28(37)34-23-15-10-7-11-16-23)26(32)30(39)35(27)24(20-36)19-22-13-8-6-9-14-22/h6-11,13-16,21,24-27,36H,4-5,12,17-20H2,1-3H3,(H,33,38)(H,34,37)/t21?,24-,25-,26+,27?,31+,32?/m1/s1. The Hall–Kier alpha value is -3.23. The molecule has 3 aliphatic rings. The first-order valence-corrected chi connectivity index (χ1v) is 14.6. The van der Waals surface area contributed by atoms with Crippen LogP contribution in [0.3, 0.4) is 0 Å². The van der Waals surface area contributed by atoms with E-state index in [2.05, 4.69) is 17.6 Å². The van der Waals surface area contributed by atoms with Gasteiger partial charge in [-0.15, -0.1) is 0 Å². The molecule has 0 aromatic heterocycles. The van der Waals surface area contributed by atoms with Crippen molar-refractivity contribution < 1.29 is 24.2 Å². The summed E-state index contributed by atoms with van der Waals surface area (Å²) >= 11 is 0. The Labute approximate surface area is 236 Å². The van der Waals surface area contributed by atoms with Crippen LogP contribution in [0, 0.1) is 11.8 Å². The summed E-state index contributed by atoms with van der Waals surface area (Å²) in [6.07, 6.45) is 3.75. The van der Waals surface area contributed by atoms with Crippen molar-refractivity contribution in [1.82, 2.24) is 10.2 Å². The van der Waals surface area contributed by atoms with E-state index in [1.165, 1.54) is 0 Å². The Morgan fingerprint density at radius 1 is 1.05 bits per heavy atom. The highest BCUT2D eigenvalue weighted by Gasteiger charge is 2.79. The number of rotatable bonds is 11. The maximum Gasteiger partial charge on any atom is 0.246 e. The molecule has 8 heteroatoms. The second kappa shape index (κ2) is 11.3. The molecular formula is C32H41N3O5. The Balaban J connectivity index is 1.55. The molecule has 3 N–H and O–H groups in total. The summed E-state index contributed by atoms with van der Waals surface area (Å²) < 4.78 is 6.85. The topological polar surface area (TPSA) is 108 Å². The third-order valence-corrected chi connectivity index (χ3v) is 9.22. The number of aliphatic hydroxyl groups is 1. The van der Waals surface area contributed by atoms with E-state index in [9.17, 15) is 19.5 Å². The van der Waals surface area contributed by atoms with Crippen LogP contribution in [0.1, 0.15) is 58.4 Å². The van der Waals surface area contributed by atoms with E-state index in [4.69, 9.17) is 4.74 Å². The number of nitrogens with one attached hydrogen (secondary N) is 2. The van der Waals surface area contributed by atoms with Gasteiger partial charge in [0, 0.05) is 11.7 Å². The van der Waals surface area contributed by atoms with Gasteiger partial charge in [0.2, 0.25) is 17.7 Å². The van der Waals surface area contributed by atoms with Crippen LogP contribution in [0.5, 0.6) is 0 Å². The minimum absolute atomic E-state index is 0.0810. The number of anilines is 1. The van der Waals surface area contributed by atoms with Crippen molar-refractivity contribution >= 4 is 23.4 Å². The molecular weight excluding hydrogens is 506 g/mol. The number of benzene rings is 2. The fraction of sp³-hybridized carbons (Fsp3) is 0.531. The quantitative estimate of drug-likeness (QED) is 0.398. The number of fused-ring (bicyclic) bond motifs is 1. The predicted molar refractivity (Wildman–Crippen MR) is 152 cm³/mol. The van der Waals surface area contributed by atoms with Gasteiger partial charge >= 0.3 is 0 Å². The van der Waals surface area contributed by atoms with Crippen molar-refractivity contribution in [2.45, 2.75) is 88.6 Å². The number of ether oxygens (including phenoxy) is 1. The second-order valence-corrected chi connectivity index (χ2v) is 11.7. The SMILES string of the molecule is CCCC(C)NC(=O)C1N([C@@H](CO)Cc2ccccc2)C(=O)[C@@H]2[C@H](C(=O)Nc3ccccc3)[C@]3(CC)CCC12O3. The number of para-hydroxylation sites is 1. The van der Waals surface area contributed by atoms with Gasteiger partial charge in [-0.1, -0.05) is 68.8 Å². The molecule has 7 atom stereocenters. The Morgan fingerprint density at radius 3 is 2.35 bits per heavy atom. The van der Waals surface area contributed by atoms with E-state index in [1.54, 1.807) is 4.90 Å². The highest BCUT2D eigenvalue weighted by atomic mass is 16.5. The van der Waals surface area contributed by atoms with E-state index in [0.29, 0.717) is 31.4 Å². The first-order valence-electron chi connectivity index (χ1n) is 14.6. The van der Waals surface area contributed by atoms with E-state index >= 15 is 0 Å². The lowest BCUT2D eigenvalue weighted by molar-refractivity contribution is -0.150. The van der Waals surface area contributed by atoms with E-state index in [1.807, 2.05) is 74.5 Å². The van der Waals surface area contributed by atoms with Crippen molar-refractivity contribution in [3.63, 3.8) is 0 Å². The van der Waals surface area contributed by atoms with Crippen LogP contribution in [0.4, 0.5) is 5.69 Å². The first kappa shape index (κ1) is 28.3. The molecule has 2 aromatic rings. The molecule has 5 rings (SSSR count). The average Bonchev–Trinajstić information content (AvgIpc) is 3.56. The second-order valence-electron chi connectivity index (χ2n) is 11.7. The summed E-state index contributed by atoms with van der Waals surface area (Å²) in [6, 6.07) is 17.2. The van der Waals surface area contributed by atoms with Gasteiger partial charge in [0.05, 0.1) is 30.1 Å². The lowest BCUT2D eigenvalue weighted by atomic mass is 9.65. The maximum atomic E-state index is 14.5. The molecule has 2 bridgehead atoms. The zero-order valence-electron chi connectivity index (χ0n) is 23.6. The normalized spacial score (nSPS) is 30.1. The maximum absolute atomic E-state index is 14.5. The number of aliphatic hydroxyl groups excluding tert-OH is 1. The molecule has 0 radical (unpaired) electrons. The predicted octanol–water partition coefficient (Wildman–Crippen LogP) is 3.69. The zero-order valence-corrected chi connectivity index (χ0v) is 23.6. The van der Waals surface area contributed by atoms with Crippen LogP contribution in [0.2, 0.25) is 0 Å². The lowest BCUT2D eigenvalue weighted by Crippen LogP contribution is -2.59. The summed E-state index contributed by atoms with van der Waals surface area (Å²) in [5, 5.41) is 16.7. The van der Waals surface area contributed by atoms with Crippen LogP contribution in [0.25, 0.3) is 0 Å². The van der Waals surface area contributed by atoms with Gasteiger partial charge in [0.1, 0.15) is 11.6 Å². The van der Waals surface area contributed by atoms with Crippen LogP contribution < -0.4 is 10.6 Å². The smallest absolute Gasteiger partial charge is 0.246 e. The minimum Gasteiger partial charge on any atom is -0.394 e.